The first-order chi connectivity index (χ1) is 19.5. The maximum atomic E-state index is 13.8. The van der Waals surface area contributed by atoms with Gasteiger partial charge in [-0.25, -0.2) is 5.06 Å². The summed E-state index contributed by atoms with van der Waals surface area (Å²) in [5, 5.41) is 16.3. The third-order valence-electron chi connectivity index (χ3n) is 8.75. The molecule has 2 atom stereocenters. The third-order valence-corrected chi connectivity index (χ3v) is 9.71. The second-order valence-corrected chi connectivity index (χ2v) is 13.6. The van der Waals surface area contributed by atoms with Crippen LogP contribution in [0.2, 0.25) is 0 Å². The Morgan fingerprint density at radius 3 is 2.41 bits per heavy atom. The fourth-order valence-corrected chi connectivity index (χ4v) is 7.18. The van der Waals surface area contributed by atoms with Crippen LogP contribution in [0, 0.1) is 17.3 Å². The molecule has 0 unspecified atom stereocenters. The van der Waals surface area contributed by atoms with E-state index in [1.807, 2.05) is 55.3 Å². The van der Waals surface area contributed by atoms with Crippen LogP contribution in [0.3, 0.4) is 0 Å². The smallest absolute Gasteiger partial charge is 0.255 e. The quantitative estimate of drug-likeness (QED) is 0.242. The lowest BCUT2D eigenvalue weighted by Gasteiger charge is -2.40. The topological polar surface area (TPSA) is 110 Å². The number of hydrogen-bond donors (Lipinski definition) is 2. The second-order valence-electron chi connectivity index (χ2n) is 12.7. The minimum absolute atomic E-state index is 0.0243. The zero-order valence-corrected chi connectivity index (χ0v) is 25.5. The number of hydrogen-bond acceptors (Lipinski definition) is 6. The van der Waals surface area contributed by atoms with Gasteiger partial charge in [-0.2, -0.15) is 0 Å². The molecular weight excluding hydrogens is 540 g/mol. The van der Waals surface area contributed by atoms with Crippen LogP contribution in [-0.2, 0) is 14.4 Å². The van der Waals surface area contributed by atoms with Crippen LogP contribution < -0.4 is 5.32 Å². The summed E-state index contributed by atoms with van der Waals surface area (Å²) in [7, 11) is 1.78. The number of piperidine rings is 1. The maximum absolute atomic E-state index is 13.8. The van der Waals surface area contributed by atoms with Crippen molar-refractivity contribution in [1.82, 2.24) is 20.2 Å². The second kappa shape index (κ2) is 13.3. The van der Waals surface area contributed by atoms with Crippen molar-refractivity contribution in [2.45, 2.75) is 77.8 Å². The first kappa shape index (κ1) is 31.0. The molecule has 9 nitrogen and oxygen atoms in total. The van der Waals surface area contributed by atoms with Crippen molar-refractivity contribution in [2.75, 3.05) is 26.7 Å². The van der Waals surface area contributed by atoms with Crippen LogP contribution in [0.4, 0.5) is 0 Å². The zero-order valence-electron chi connectivity index (χ0n) is 24.7. The molecule has 1 aromatic heterocycles. The van der Waals surface area contributed by atoms with Crippen LogP contribution in [-0.4, -0.2) is 83.0 Å². The number of benzene rings is 1. The molecule has 0 spiro atoms. The third kappa shape index (κ3) is 7.46. The molecule has 1 aromatic carbocycles. The first-order valence-electron chi connectivity index (χ1n) is 14.7. The van der Waals surface area contributed by atoms with Crippen molar-refractivity contribution >= 4 is 45.6 Å². The fourth-order valence-electron chi connectivity index (χ4n) is 6.24. The van der Waals surface area contributed by atoms with Crippen LogP contribution in [0.5, 0.6) is 0 Å². The fraction of sp³-hybridized carbons (Fsp3) is 0.613. The number of fused-ring (bicyclic) bond motifs is 1. The molecule has 10 heteroatoms. The summed E-state index contributed by atoms with van der Waals surface area (Å²) in [5.41, 5.74) is 0.172. The summed E-state index contributed by atoms with van der Waals surface area (Å²) in [6.45, 7) is 6.78. The number of carbonyl (C=O) groups is 4. The molecule has 0 bridgehead atoms. The standard InChI is InChI=1S/C31H44N4O5S/c1-31(2,3)27(32-28(37)22(18-35(40)20-36)17-21-9-5-6-10-21)30(39)33(4)23-13-15-34(16-14-23)29(38)25-19-41-26-12-8-7-11-24(25)26/h7-8,11-12,19-23,27,40H,5-6,9-10,13-18H2,1-4H3,(H,32,37)/t22-,27-/m1/s1. The number of hydroxylamine groups is 2. The van der Waals surface area contributed by atoms with Crippen molar-refractivity contribution in [1.29, 1.82) is 0 Å². The van der Waals surface area contributed by atoms with E-state index < -0.39 is 17.4 Å². The molecule has 2 N–H and O–H groups in total. The lowest BCUT2D eigenvalue weighted by atomic mass is 9.84. The summed E-state index contributed by atoms with van der Waals surface area (Å²) in [4.78, 5) is 55.3. The molecule has 2 fully saturated rings. The largest absolute Gasteiger partial charge is 0.344 e. The van der Waals surface area contributed by atoms with Crippen molar-refractivity contribution < 1.29 is 24.4 Å². The SMILES string of the molecule is CN(C(=O)[C@@H](NC(=O)[C@H](CC1CCCC1)CN(O)C=O)C(C)(C)C)C1CCN(C(=O)c2csc3ccccc23)CC1. The van der Waals surface area contributed by atoms with Gasteiger partial charge in [0.1, 0.15) is 6.04 Å². The Morgan fingerprint density at radius 2 is 1.78 bits per heavy atom. The van der Waals surface area contributed by atoms with E-state index in [9.17, 15) is 24.4 Å². The number of thiophene rings is 1. The van der Waals surface area contributed by atoms with Crippen molar-refractivity contribution in [2.24, 2.45) is 17.3 Å². The molecule has 2 aromatic rings. The van der Waals surface area contributed by atoms with E-state index in [2.05, 4.69) is 5.32 Å². The Hall–Kier alpha value is -2.98. The van der Waals surface area contributed by atoms with E-state index in [0.29, 0.717) is 49.7 Å². The van der Waals surface area contributed by atoms with Crippen LogP contribution >= 0.6 is 11.3 Å². The Morgan fingerprint density at radius 1 is 1.12 bits per heavy atom. The van der Waals surface area contributed by atoms with Gasteiger partial charge in [0.2, 0.25) is 18.2 Å². The Balaban J connectivity index is 1.39. The highest BCUT2D eigenvalue weighted by molar-refractivity contribution is 7.17. The number of carbonyl (C=O) groups excluding carboxylic acids is 4. The molecule has 2 heterocycles. The first-order valence-corrected chi connectivity index (χ1v) is 15.6. The van der Waals surface area contributed by atoms with Gasteiger partial charge in [-0.1, -0.05) is 64.7 Å². The summed E-state index contributed by atoms with van der Waals surface area (Å²) in [6, 6.07) is 7.10. The average molecular weight is 585 g/mol. The van der Waals surface area contributed by atoms with Gasteiger partial charge in [-0.15, -0.1) is 11.3 Å². The predicted octanol–water partition coefficient (Wildman–Crippen LogP) is 4.54. The van der Waals surface area contributed by atoms with E-state index in [1.165, 1.54) is 0 Å². The highest BCUT2D eigenvalue weighted by Crippen LogP contribution is 2.32. The monoisotopic (exact) mass is 584 g/mol. The molecular formula is C31H44N4O5S. The number of nitrogens with zero attached hydrogens (tertiary/aromatic N) is 3. The highest BCUT2D eigenvalue weighted by Gasteiger charge is 2.39. The van der Waals surface area contributed by atoms with Gasteiger partial charge < -0.3 is 15.1 Å². The van der Waals surface area contributed by atoms with E-state index in [0.717, 1.165) is 41.3 Å². The minimum Gasteiger partial charge on any atom is -0.344 e. The number of amides is 4. The summed E-state index contributed by atoms with van der Waals surface area (Å²) >= 11 is 1.57. The molecule has 1 saturated carbocycles. The van der Waals surface area contributed by atoms with E-state index in [1.54, 1.807) is 23.3 Å². The van der Waals surface area contributed by atoms with Gasteiger partial charge in [0.05, 0.1) is 18.0 Å². The Bertz CT molecular complexity index is 1230. The van der Waals surface area contributed by atoms with E-state index >= 15 is 0 Å². The van der Waals surface area contributed by atoms with E-state index in [4.69, 9.17) is 0 Å². The minimum atomic E-state index is -0.772. The van der Waals surface area contributed by atoms with E-state index in [-0.39, 0.29) is 30.3 Å². The molecule has 4 amide bonds. The Kier molecular flexibility index (Phi) is 10.1. The van der Waals surface area contributed by atoms with Crippen molar-refractivity contribution in [3.8, 4) is 0 Å². The normalized spacial score (nSPS) is 18.2. The number of likely N-dealkylation sites (N-methyl/N-ethyl adjacent to an activating group) is 1. The summed E-state index contributed by atoms with van der Waals surface area (Å²) < 4.78 is 1.09. The molecule has 41 heavy (non-hydrogen) atoms. The maximum Gasteiger partial charge on any atom is 0.255 e. The molecule has 1 aliphatic heterocycles. The number of likely N-dealkylation sites (tertiary alicyclic amines) is 1. The average Bonchev–Trinajstić information content (AvgIpc) is 3.64. The summed E-state index contributed by atoms with van der Waals surface area (Å²) in [5.74, 6) is -0.689. The van der Waals surface area contributed by atoms with Crippen molar-refractivity contribution in [3.05, 3.63) is 35.2 Å². The van der Waals surface area contributed by atoms with Gasteiger partial charge in [0, 0.05) is 41.6 Å². The number of nitrogens with one attached hydrogen (secondary N) is 1. The zero-order chi connectivity index (χ0) is 29.7. The molecule has 2 aliphatic rings. The highest BCUT2D eigenvalue weighted by atomic mass is 32.1. The lowest BCUT2D eigenvalue weighted by molar-refractivity contribution is -0.156. The molecule has 4 rings (SSSR count). The van der Waals surface area contributed by atoms with Crippen LogP contribution in [0.25, 0.3) is 10.1 Å². The lowest BCUT2D eigenvalue weighted by Crippen LogP contribution is -2.58. The molecule has 0 radical (unpaired) electrons. The molecule has 1 aliphatic carbocycles. The molecule has 224 valence electrons. The van der Waals surface area contributed by atoms with Gasteiger partial charge in [0.15, 0.2) is 0 Å². The van der Waals surface area contributed by atoms with Gasteiger partial charge in [0.25, 0.3) is 5.91 Å². The predicted molar refractivity (Wildman–Crippen MR) is 160 cm³/mol. The van der Waals surface area contributed by atoms with Crippen LogP contribution in [0.1, 0.15) is 76.1 Å². The van der Waals surface area contributed by atoms with Crippen LogP contribution in [0.15, 0.2) is 29.6 Å². The Labute approximate surface area is 246 Å². The van der Waals surface area contributed by atoms with Crippen molar-refractivity contribution in [3.63, 3.8) is 0 Å². The number of rotatable bonds is 10. The summed E-state index contributed by atoms with van der Waals surface area (Å²) in [6.07, 6.45) is 6.51. The molecule has 1 saturated heterocycles. The van der Waals surface area contributed by atoms with Gasteiger partial charge in [-0.3, -0.25) is 24.4 Å². The van der Waals surface area contributed by atoms with Gasteiger partial charge >= 0.3 is 0 Å². The van der Waals surface area contributed by atoms with Gasteiger partial charge in [-0.05, 0) is 36.7 Å².